The molecule has 2 fully saturated rings. The Morgan fingerprint density at radius 1 is 1.13 bits per heavy atom. The van der Waals surface area contributed by atoms with Gasteiger partial charge in [0.25, 0.3) is 0 Å². The van der Waals surface area contributed by atoms with E-state index >= 15 is 0 Å². The van der Waals surface area contributed by atoms with E-state index < -0.39 is 0 Å². The van der Waals surface area contributed by atoms with Crippen molar-refractivity contribution in [2.75, 3.05) is 0 Å². The zero-order chi connectivity index (χ0) is 10.7. The zero-order valence-corrected chi connectivity index (χ0v) is 9.36. The van der Waals surface area contributed by atoms with E-state index in [2.05, 4.69) is 11.7 Å². The number of aliphatic hydroxyl groups excluding tert-OH is 1. The molecule has 0 amide bonds. The van der Waals surface area contributed by atoms with Gasteiger partial charge >= 0.3 is 0 Å². The maximum atomic E-state index is 9.85. The molecule has 2 aliphatic carbocycles. The van der Waals surface area contributed by atoms with Crippen LogP contribution in [0.5, 0.6) is 0 Å². The Hall–Kier alpha value is -0.120. The molecule has 0 aromatic rings. The second-order valence-electron chi connectivity index (χ2n) is 5.00. The summed E-state index contributed by atoms with van der Waals surface area (Å²) in [5.74, 6) is 0. The van der Waals surface area contributed by atoms with Gasteiger partial charge in [-0.05, 0) is 38.5 Å². The SMILES string of the molecule is NC1CCCCC1NC1CC[CH]CC1O. The molecule has 3 heteroatoms. The fraction of sp³-hybridized carbons (Fsp3) is 0.917. The summed E-state index contributed by atoms with van der Waals surface area (Å²) < 4.78 is 0. The van der Waals surface area contributed by atoms with Gasteiger partial charge in [-0.1, -0.05) is 12.8 Å². The van der Waals surface area contributed by atoms with Crippen LogP contribution >= 0.6 is 0 Å². The van der Waals surface area contributed by atoms with Gasteiger partial charge in [-0.25, -0.2) is 0 Å². The maximum absolute atomic E-state index is 9.85. The second kappa shape index (κ2) is 5.28. The molecular weight excluding hydrogens is 188 g/mol. The number of nitrogens with one attached hydrogen (secondary N) is 1. The van der Waals surface area contributed by atoms with Crippen LogP contribution < -0.4 is 11.1 Å². The molecule has 0 spiro atoms. The molecule has 3 nitrogen and oxygen atoms in total. The van der Waals surface area contributed by atoms with E-state index in [-0.39, 0.29) is 18.2 Å². The summed E-state index contributed by atoms with van der Waals surface area (Å²) in [6.45, 7) is 0. The smallest absolute Gasteiger partial charge is 0.0696 e. The largest absolute Gasteiger partial charge is 0.391 e. The lowest BCUT2D eigenvalue weighted by Gasteiger charge is -2.36. The van der Waals surface area contributed by atoms with E-state index in [4.69, 9.17) is 5.73 Å². The third kappa shape index (κ3) is 2.92. The lowest BCUT2D eigenvalue weighted by Crippen LogP contribution is -2.54. The Morgan fingerprint density at radius 2 is 1.93 bits per heavy atom. The number of rotatable bonds is 2. The highest BCUT2D eigenvalue weighted by Crippen LogP contribution is 2.22. The van der Waals surface area contributed by atoms with Gasteiger partial charge in [0.2, 0.25) is 0 Å². The van der Waals surface area contributed by atoms with E-state index in [0.717, 1.165) is 25.7 Å². The van der Waals surface area contributed by atoms with Gasteiger partial charge in [-0.2, -0.15) is 0 Å². The van der Waals surface area contributed by atoms with Gasteiger partial charge in [-0.3, -0.25) is 0 Å². The topological polar surface area (TPSA) is 58.3 Å². The minimum atomic E-state index is -0.201. The summed E-state index contributed by atoms with van der Waals surface area (Å²) in [5, 5.41) is 13.4. The van der Waals surface area contributed by atoms with Crippen molar-refractivity contribution in [1.29, 1.82) is 0 Å². The third-order valence-electron chi connectivity index (χ3n) is 3.80. The number of aliphatic hydroxyl groups is 1. The predicted molar refractivity (Wildman–Crippen MR) is 61.3 cm³/mol. The molecule has 4 unspecified atom stereocenters. The van der Waals surface area contributed by atoms with Crippen molar-refractivity contribution in [2.45, 2.75) is 69.2 Å². The van der Waals surface area contributed by atoms with Crippen LogP contribution in [0.1, 0.15) is 44.9 Å². The minimum absolute atomic E-state index is 0.201. The number of hydrogen-bond acceptors (Lipinski definition) is 3. The van der Waals surface area contributed by atoms with Crippen LogP contribution in [0.4, 0.5) is 0 Å². The van der Waals surface area contributed by atoms with Crippen molar-refractivity contribution in [3.63, 3.8) is 0 Å². The van der Waals surface area contributed by atoms with Gasteiger partial charge in [0.05, 0.1) is 6.10 Å². The standard InChI is InChI=1S/C12H23N2O/c13-9-5-1-2-6-10(9)14-11-7-3-4-8-12(11)15/h4,9-12,14-15H,1-3,5-8,13H2. The molecule has 1 radical (unpaired) electrons. The molecule has 4 atom stereocenters. The minimum Gasteiger partial charge on any atom is -0.391 e. The fourth-order valence-electron chi connectivity index (χ4n) is 2.78. The Balaban J connectivity index is 1.83. The van der Waals surface area contributed by atoms with Crippen LogP contribution in [0.3, 0.4) is 0 Å². The first-order valence-corrected chi connectivity index (χ1v) is 6.29. The van der Waals surface area contributed by atoms with Gasteiger partial charge < -0.3 is 16.2 Å². The van der Waals surface area contributed by atoms with Crippen molar-refractivity contribution in [2.24, 2.45) is 5.73 Å². The summed E-state index contributed by atoms with van der Waals surface area (Å²) in [6, 6.07) is 0.984. The summed E-state index contributed by atoms with van der Waals surface area (Å²) in [7, 11) is 0. The summed E-state index contributed by atoms with van der Waals surface area (Å²) >= 11 is 0. The van der Waals surface area contributed by atoms with Crippen LogP contribution in [-0.4, -0.2) is 29.3 Å². The molecule has 2 saturated carbocycles. The normalized spacial score (nSPS) is 42.8. The molecule has 2 rings (SSSR count). The highest BCUT2D eigenvalue weighted by Gasteiger charge is 2.28. The third-order valence-corrected chi connectivity index (χ3v) is 3.80. The first kappa shape index (κ1) is 11.4. The number of hydrogen-bond donors (Lipinski definition) is 3. The van der Waals surface area contributed by atoms with Gasteiger partial charge in [-0.15, -0.1) is 0 Å². The van der Waals surface area contributed by atoms with Crippen molar-refractivity contribution >= 4 is 0 Å². The number of nitrogens with two attached hydrogens (primary N) is 1. The Labute approximate surface area is 92.4 Å². The Morgan fingerprint density at radius 3 is 2.67 bits per heavy atom. The summed E-state index contributed by atoms with van der Waals surface area (Å²) in [5.41, 5.74) is 6.09. The molecule has 0 aliphatic heterocycles. The summed E-state index contributed by atoms with van der Waals surface area (Å²) in [4.78, 5) is 0. The van der Waals surface area contributed by atoms with Crippen molar-refractivity contribution in [1.82, 2.24) is 5.32 Å². The van der Waals surface area contributed by atoms with Crippen molar-refractivity contribution < 1.29 is 5.11 Å². The highest BCUT2D eigenvalue weighted by molar-refractivity contribution is 4.93. The molecule has 0 saturated heterocycles. The average molecular weight is 211 g/mol. The van der Waals surface area contributed by atoms with Crippen LogP contribution in [-0.2, 0) is 0 Å². The average Bonchev–Trinajstić information content (AvgIpc) is 2.24. The highest BCUT2D eigenvalue weighted by atomic mass is 16.3. The maximum Gasteiger partial charge on any atom is 0.0696 e. The van der Waals surface area contributed by atoms with Gasteiger partial charge in [0.1, 0.15) is 0 Å². The van der Waals surface area contributed by atoms with E-state index in [9.17, 15) is 5.11 Å². The van der Waals surface area contributed by atoms with Gasteiger partial charge in [0, 0.05) is 18.1 Å². The lowest BCUT2D eigenvalue weighted by molar-refractivity contribution is 0.0946. The quantitative estimate of drug-likeness (QED) is 0.638. The van der Waals surface area contributed by atoms with Crippen LogP contribution in [0.15, 0.2) is 0 Å². The van der Waals surface area contributed by atoms with Crippen LogP contribution in [0.2, 0.25) is 0 Å². The molecule has 2 aliphatic rings. The van der Waals surface area contributed by atoms with Gasteiger partial charge in [0.15, 0.2) is 0 Å². The van der Waals surface area contributed by atoms with E-state index in [0.29, 0.717) is 6.04 Å². The molecule has 0 heterocycles. The van der Waals surface area contributed by atoms with E-state index in [1.807, 2.05) is 0 Å². The summed E-state index contributed by atoms with van der Waals surface area (Å²) in [6.07, 6.45) is 9.85. The predicted octanol–water partition coefficient (Wildman–Crippen LogP) is 0.964. The molecule has 4 N–H and O–H groups in total. The molecule has 15 heavy (non-hydrogen) atoms. The van der Waals surface area contributed by atoms with Crippen LogP contribution in [0.25, 0.3) is 0 Å². The second-order valence-corrected chi connectivity index (χ2v) is 5.00. The van der Waals surface area contributed by atoms with Crippen LogP contribution in [0, 0.1) is 6.42 Å². The molecule has 87 valence electrons. The Kier molecular flexibility index (Phi) is 4.00. The first-order chi connectivity index (χ1) is 7.27. The fourth-order valence-corrected chi connectivity index (χ4v) is 2.78. The van der Waals surface area contributed by atoms with Crippen molar-refractivity contribution in [3.8, 4) is 0 Å². The Bertz CT molecular complexity index is 178. The molecular formula is C12H23N2O. The zero-order valence-electron chi connectivity index (χ0n) is 9.36. The lowest BCUT2D eigenvalue weighted by atomic mass is 9.87. The molecule has 0 aromatic carbocycles. The van der Waals surface area contributed by atoms with E-state index in [1.165, 1.54) is 19.3 Å². The first-order valence-electron chi connectivity index (χ1n) is 6.29. The van der Waals surface area contributed by atoms with Crippen molar-refractivity contribution in [3.05, 3.63) is 6.42 Å². The molecule has 0 aromatic heterocycles. The molecule has 0 bridgehead atoms. The van der Waals surface area contributed by atoms with E-state index in [1.54, 1.807) is 0 Å². The monoisotopic (exact) mass is 211 g/mol.